The van der Waals surface area contributed by atoms with Crippen LogP contribution in [0, 0.1) is 0 Å². The summed E-state index contributed by atoms with van der Waals surface area (Å²) >= 11 is 0. The van der Waals surface area contributed by atoms with Crippen LogP contribution in [0.3, 0.4) is 0 Å². The molecule has 0 unspecified atom stereocenters. The van der Waals surface area contributed by atoms with E-state index < -0.39 is 11.9 Å². The molecule has 2 aromatic carbocycles. The fourth-order valence-corrected chi connectivity index (χ4v) is 2.81. The topological polar surface area (TPSA) is 93.7 Å². The SMILES string of the molecule is COc1ccccc1CNC(=O)COC(=O)CCNC(=O)c1ccc(C(C)(C)C)cc1. The van der Waals surface area contributed by atoms with Gasteiger partial charge < -0.3 is 20.1 Å². The van der Waals surface area contributed by atoms with Crippen LogP contribution >= 0.6 is 0 Å². The summed E-state index contributed by atoms with van der Waals surface area (Å²) in [5.41, 5.74) is 2.50. The van der Waals surface area contributed by atoms with E-state index in [1.165, 1.54) is 0 Å². The Morgan fingerprint density at radius 1 is 0.935 bits per heavy atom. The molecule has 0 aromatic heterocycles. The fraction of sp³-hybridized carbons (Fsp3) is 0.375. The van der Waals surface area contributed by atoms with Crippen LogP contribution in [0.25, 0.3) is 0 Å². The van der Waals surface area contributed by atoms with E-state index >= 15 is 0 Å². The third-order valence-electron chi connectivity index (χ3n) is 4.66. The number of nitrogens with one attached hydrogen (secondary N) is 2. The highest BCUT2D eigenvalue weighted by molar-refractivity contribution is 5.94. The van der Waals surface area contributed by atoms with Crippen molar-refractivity contribution in [1.29, 1.82) is 0 Å². The Bertz CT molecular complexity index is 901. The van der Waals surface area contributed by atoms with Crippen LogP contribution in [0.2, 0.25) is 0 Å². The molecule has 166 valence electrons. The minimum Gasteiger partial charge on any atom is -0.496 e. The number of ether oxygens (including phenoxy) is 2. The van der Waals surface area contributed by atoms with Gasteiger partial charge in [0.15, 0.2) is 6.61 Å². The first-order valence-electron chi connectivity index (χ1n) is 10.1. The maximum absolute atomic E-state index is 12.2. The van der Waals surface area contributed by atoms with E-state index in [0.29, 0.717) is 11.3 Å². The van der Waals surface area contributed by atoms with Gasteiger partial charge in [-0.2, -0.15) is 0 Å². The molecule has 0 radical (unpaired) electrons. The first-order chi connectivity index (χ1) is 14.7. The molecule has 7 heteroatoms. The van der Waals surface area contributed by atoms with Gasteiger partial charge in [-0.3, -0.25) is 14.4 Å². The van der Waals surface area contributed by atoms with Crippen LogP contribution in [0.15, 0.2) is 48.5 Å². The second-order valence-electron chi connectivity index (χ2n) is 8.08. The molecule has 0 aliphatic carbocycles. The number of carbonyl (C=O) groups excluding carboxylic acids is 3. The minimum atomic E-state index is -0.559. The summed E-state index contributed by atoms with van der Waals surface area (Å²) in [6.07, 6.45) is -0.0222. The number of rotatable bonds is 9. The Labute approximate surface area is 183 Å². The molecule has 0 spiro atoms. The van der Waals surface area contributed by atoms with Crippen molar-refractivity contribution in [3.05, 3.63) is 65.2 Å². The van der Waals surface area contributed by atoms with Gasteiger partial charge in [0.2, 0.25) is 0 Å². The standard InChI is InChI=1S/C24H30N2O5/c1-24(2,3)19-11-9-17(10-12-19)23(29)25-14-13-22(28)31-16-21(27)26-15-18-7-5-6-8-20(18)30-4/h5-12H,13-16H2,1-4H3,(H,25,29)(H,26,27). The Balaban J connectivity index is 1.67. The molecular formula is C24H30N2O5. The molecule has 0 heterocycles. The summed E-state index contributed by atoms with van der Waals surface area (Å²) in [5.74, 6) is -0.565. The lowest BCUT2D eigenvalue weighted by Gasteiger charge is -2.19. The van der Waals surface area contributed by atoms with Gasteiger partial charge in [-0.1, -0.05) is 51.1 Å². The van der Waals surface area contributed by atoms with Gasteiger partial charge in [-0.05, 0) is 29.2 Å². The Morgan fingerprint density at radius 2 is 1.61 bits per heavy atom. The molecule has 7 nitrogen and oxygen atoms in total. The molecule has 0 aliphatic heterocycles. The van der Waals surface area contributed by atoms with E-state index in [4.69, 9.17) is 9.47 Å². The Hall–Kier alpha value is -3.35. The van der Waals surface area contributed by atoms with Crippen molar-refractivity contribution in [2.24, 2.45) is 0 Å². The lowest BCUT2D eigenvalue weighted by Crippen LogP contribution is -2.30. The van der Waals surface area contributed by atoms with E-state index in [2.05, 4.69) is 31.4 Å². The maximum Gasteiger partial charge on any atom is 0.308 e. The van der Waals surface area contributed by atoms with Gasteiger partial charge in [-0.15, -0.1) is 0 Å². The predicted octanol–water partition coefficient (Wildman–Crippen LogP) is 2.97. The highest BCUT2D eigenvalue weighted by Crippen LogP contribution is 2.22. The van der Waals surface area contributed by atoms with Crippen molar-refractivity contribution in [1.82, 2.24) is 10.6 Å². The summed E-state index contributed by atoms with van der Waals surface area (Å²) in [7, 11) is 1.56. The first-order valence-corrected chi connectivity index (χ1v) is 10.1. The van der Waals surface area contributed by atoms with Crippen molar-refractivity contribution >= 4 is 17.8 Å². The zero-order valence-corrected chi connectivity index (χ0v) is 18.5. The number of benzene rings is 2. The molecule has 0 atom stereocenters. The van der Waals surface area contributed by atoms with Crippen LogP contribution in [-0.2, 0) is 26.3 Å². The molecule has 0 fully saturated rings. The first kappa shape index (κ1) is 23.9. The molecule has 0 saturated heterocycles. The zero-order chi connectivity index (χ0) is 22.9. The molecule has 2 N–H and O–H groups in total. The van der Waals surface area contributed by atoms with Gasteiger partial charge in [0.25, 0.3) is 11.8 Å². The van der Waals surface area contributed by atoms with Crippen molar-refractivity contribution in [2.75, 3.05) is 20.3 Å². The zero-order valence-electron chi connectivity index (χ0n) is 18.5. The van der Waals surface area contributed by atoms with Crippen molar-refractivity contribution < 1.29 is 23.9 Å². The quantitative estimate of drug-likeness (QED) is 0.602. The van der Waals surface area contributed by atoms with Crippen molar-refractivity contribution in [3.63, 3.8) is 0 Å². The lowest BCUT2D eigenvalue weighted by atomic mass is 9.87. The number of hydrogen-bond donors (Lipinski definition) is 2. The summed E-state index contributed by atoms with van der Waals surface area (Å²) < 4.78 is 10.2. The average Bonchev–Trinajstić information content (AvgIpc) is 2.75. The third kappa shape index (κ3) is 7.77. The smallest absolute Gasteiger partial charge is 0.308 e. The highest BCUT2D eigenvalue weighted by Gasteiger charge is 2.14. The van der Waals surface area contributed by atoms with Crippen LogP contribution < -0.4 is 15.4 Å². The van der Waals surface area contributed by atoms with Crippen LogP contribution in [0.5, 0.6) is 5.75 Å². The van der Waals surface area contributed by atoms with Crippen molar-refractivity contribution in [2.45, 2.75) is 39.2 Å². The normalized spacial score (nSPS) is 10.8. The number of methoxy groups -OCH3 is 1. The van der Waals surface area contributed by atoms with E-state index in [-0.39, 0.29) is 37.4 Å². The lowest BCUT2D eigenvalue weighted by molar-refractivity contribution is -0.148. The number of hydrogen-bond acceptors (Lipinski definition) is 5. The molecular weight excluding hydrogens is 396 g/mol. The largest absolute Gasteiger partial charge is 0.496 e. The summed E-state index contributed by atoms with van der Waals surface area (Å²) in [6, 6.07) is 14.7. The van der Waals surface area contributed by atoms with Crippen LogP contribution in [-0.4, -0.2) is 38.0 Å². The minimum absolute atomic E-state index is 0.0121. The summed E-state index contributed by atoms with van der Waals surface area (Å²) in [6.45, 7) is 6.33. The molecule has 2 rings (SSSR count). The molecule has 0 aliphatic rings. The Kier molecular flexibility index (Phi) is 8.61. The second-order valence-corrected chi connectivity index (χ2v) is 8.08. The van der Waals surface area contributed by atoms with Crippen LogP contribution in [0.1, 0.15) is 48.7 Å². The van der Waals surface area contributed by atoms with Crippen LogP contribution in [0.4, 0.5) is 0 Å². The van der Waals surface area contributed by atoms with E-state index in [1.807, 2.05) is 30.3 Å². The number of carbonyl (C=O) groups is 3. The molecule has 0 saturated carbocycles. The van der Waals surface area contributed by atoms with Gasteiger partial charge in [0, 0.05) is 24.2 Å². The predicted molar refractivity (Wildman–Crippen MR) is 118 cm³/mol. The molecule has 2 aromatic rings. The van der Waals surface area contributed by atoms with Gasteiger partial charge in [-0.25, -0.2) is 0 Å². The second kappa shape index (κ2) is 11.2. The molecule has 0 bridgehead atoms. The Morgan fingerprint density at radius 3 is 2.26 bits per heavy atom. The van der Waals surface area contributed by atoms with Gasteiger partial charge >= 0.3 is 5.97 Å². The van der Waals surface area contributed by atoms with Crippen molar-refractivity contribution in [3.8, 4) is 5.75 Å². The summed E-state index contributed by atoms with van der Waals surface area (Å²) in [4.78, 5) is 35.9. The monoisotopic (exact) mass is 426 g/mol. The van der Waals surface area contributed by atoms with E-state index in [0.717, 1.165) is 11.1 Å². The van der Waals surface area contributed by atoms with E-state index in [1.54, 1.807) is 25.3 Å². The van der Waals surface area contributed by atoms with Gasteiger partial charge in [0.1, 0.15) is 5.75 Å². The number of para-hydroxylation sites is 1. The number of esters is 1. The average molecular weight is 427 g/mol. The fourth-order valence-electron chi connectivity index (χ4n) is 2.81. The van der Waals surface area contributed by atoms with Gasteiger partial charge in [0.05, 0.1) is 13.5 Å². The molecule has 2 amide bonds. The highest BCUT2D eigenvalue weighted by atomic mass is 16.5. The maximum atomic E-state index is 12.2. The van der Waals surface area contributed by atoms with E-state index in [9.17, 15) is 14.4 Å². The summed E-state index contributed by atoms with van der Waals surface area (Å²) in [5, 5.41) is 5.35. The third-order valence-corrected chi connectivity index (χ3v) is 4.66. The number of amides is 2. The molecule has 31 heavy (non-hydrogen) atoms.